The molecule has 0 radical (unpaired) electrons. The Labute approximate surface area is 95.4 Å². The van der Waals surface area contributed by atoms with Gasteiger partial charge in [-0.1, -0.05) is 0 Å². The second-order valence-corrected chi connectivity index (χ2v) is 3.88. The molecule has 1 aromatic rings. The van der Waals surface area contributed by atoms with Crippen molar-refractivity contribution in [2.75, 3.05) is 18.5 Å². The quantitative estimate of drug-likeness (QED) is 0.502. The van der Waals surface area contributed by atoms with Crippen molar-refractivity contribution in [3.05, 3.63) is 23.9 Å². The maximum atomic E-state index is 9.17. The molecule has 1 rings (SSSR count). The summed E-state index contributed by atoms with van der Waals surface area (Å²) in [4.78, 5) is 6.16. The minimum Gasteiger partial charge on any atom is -0.393 e. The van der Waals surface area contributed by atoms with Crippen molar-refractivity contribution < 1.29 is 5.11 Å². The predicted molar refractivity (Wildman–Crippen MR) is 64.8 cm³/mol. The van der Waals surface area contributed by atoms with Gasteiger partial charge in [-0.25, -0.2) is 4.98 Å². The van der Waals surface area contributed by atoms with Crippen LogP contribution in [0.4, 0.5) is 5.82 Å². The van der Waals surface area contributed by atoms with Crippen LogP contribution in [0.2, 0.25) is 0 Å². The van der Waals surface area contributed by atoms with Crippen molar-refractivity contribution in [2.45, 2.75) is 19.4 Å². The summed E-state index contributed by atoms with van der Waals surface area (Å²) in [6, 6.07) is 3.59. The highest BCUT2D eigenvalue weighted by Crippen LogP contribution is 2.10. The fourth-order valence-electron chi connectivity index (χ4n) is 1.27. The van der Waals surface area contributed by atoms with E-state index >= 15 is 0 Å². The van der Waals surface area contributed by atoms with Gasteiger partial charge in [-0.05, 0) is 25.5 Å². The number of amidine groups is 1. The van der Waals surface area contributed by atoms with Gasteiger partial charge in [0.25, 0.3) is 0 Å². The first kappa shape index (κ1) is 12.4. The summed E-state index contributed by atoms with van der Waals surface area (Å²) in [7, 11) is 1.91. The molecule has 0 aliphatic heterocycles. The summed E-state index contributed by atoms with van der Waals surface area (Å²) < 4.78 is 0. The van der Waals surface area contributed by atoms with Gasteiger partial charge in [0.2, 0.25) is 0 Å². The highest BCUT2D eigenvalue weighted by atomic mass is 16.3. The van der Waals surface area contributed by atoms with E-state index in [0.29, 0.717) is 12.0 Å². The summed E-state index contributed by atoms with van der Waals surface area (Å²) in [5.74, 6) is 0.830. The number of aliphatic hydroxyl groups excluding tert-OH is 1. The maximum absolute atomic E-state index is 9.17. The van der Waals surface area contributed by atoms with E-state index in [4.69, 9.17) is 11.1 Å². The van der Waals surface area contributed by atoms with E-state index < -0.39 is 0 Å². The number of nitrogens with one attached hydrogen (secondary N) is 1. The lowest BCUT2D eigenvalue weighted by Gasteiger charge is -2.18. The summed E-state index contributed by atoms with van der Waals surface area (Å²) in [6.45, 7) is 2.50. The van der Waals surface area contributed by atoms with Gasteiger partial charge in [-0.15, -0.1) is 0 Å². The Morgan fingerprint density at radius 2 is 2.31 bits per heavy atom. The molecule has 0 amide bonds. The lowest BCUT2D eigenvalue weighted by molar-refractivity contribution is 0.187. The van der Waals surface area contributed by atoms with E-state index in [0.717, 1.165) is 12.4 Å². The lowest BCUT2D eigenvalue weighted by Crippen LogP contribution is -2.23. The van der Waals surface area contributed by atoms with Crippen LogP contribution in [0.15, 0.2) is 18.3 Å². The number of nitrogen functional groups attached to an aromatic ring is 1. The Morgan fingerprint density at radius 1 is 1.62 bits per heavy atom. The first-order chi connectivity index (χ1) is 7.50. The third-order valence-corrected chi connectivity index (χ3v) is 2.33. The largest absolute Gasteiger partial charge is 0.393 e. The van der Waals surface area contributed by atoms with Crippen LogP contribution in [0.1, 0.15) is 18.9 Å². The Kier molecular flexibility index (Phi) is 4.25. The molecule has 88 valence electrons. The molecule has 16 heavy (non-hydrogen) atoms. The molecule has 4 N–H and O–H groups in total. The molecule has 0 saturated heterocycles. The fraction of sp³-hybridized carbons (Fsp3) is 0.455. The average molecular weight is 222 g/mol. The van der Waals surface area contributed by atoms with Crippen molar-refractivity contribution in [1.29, 1.82) is 5.41 Å². The molecular weight excluding hydrogens is 204 g/mol. The van der Waals surface area contributed by atoms with Gasteiger partial charge in [0.1, 0.15) is 11.7 Å². The normalized spacial score (nSPS) is 12.2. The van der Waals surface area contributed by atoms with Crippen LogP contribution in [0.25, 0.3) is 0 Å². The Morgan fingerprint density at radius 3 is 2.75 bits per heavy atom. The van der Waals surface area contributed by atoms with Gasteiger partial charge in [0.15, 0.2) is 0 Å². The molecule has 0 spiro atoms. The molecule has 1 aromatic heterocycles. The minimum absolute atomic E-state index is 0.0192. The van der Waals surface area contributed by atoms with Crippen molar-refractivity contribution >= 4 is 11.7 Å². The number of pyridine rings is 1. The molecule has 0 aliphatic rings. The number of aromatic nitrogens is 1. The fourth-order valence-corrected chi connectivity index (χ4v) is 1.27. The van der Waals surface area contributed by atoms with Gasteiger partial charge in [0, 0.05) is 25.4 Å². The molecule has 5 nitrogen and oxygen atoms in total. The Balaban J connectivity index is 2.63. The summed E-state index contributed by atoms with van der Waals surface area (Å²) in [5, 5.41) is 16.4. The number of anilines is 1. The molecule has 5 heteroatoms. The zero-order chi connectivity index (χ0) is 12.1. The summed E-state index contributed by atoms with van der Waals surface area (Å²) >= 11 is 0. The van der Waals surface area contributed by atoms with Crippen LogP contribution in [0, 0.1) is 5.41 Å². The number of aliphatic hydroxyl groups is 1. The standard InChI is InChI=1S/C11H18N4O/c1-8(16)5-6-15(2)10-4-3-9(7-14-10)11(12)13/h3-4,7-8,16H,5-6H2,1-2H3,(H3,12,13). The van der Waals surface area contributed by atoms with E-state index in [2.05, 4.69) is 4.98 Å². The number of hydrogen-bond donors (Lipinski definition) is 3. The minimum atomic E-state index is -0.307. The zero-order valence-corrected chi connectivity index (χ0v) is 9.64. The molecular formula is C11H18N4O. The summed E-state index contributed by atoms with van der Waals surface area (Å²) in [5.41, 5.74) is 5.95. The first-order valence-electron chi connectivity index (χ1n) is 5.20. The van der Waals surface area contributed by atoms with Crippen LogP contribution in [0.3, 0.4) is 0 Å². The van der Waals surface area contributed by atoms with Crippen molar-refractivity contribution in [3.8, 4) is 0 Å². The van der Waals surface area contributed by atoms with Gasteiger partial charge < -0.3 is 15.7 Å². The molecule has 1 atom stereocenters. The van der Waals surface area contributed by atoms with Gasteiger partial charge in [0.05, 0.1) is 6.10 Å². The van der Waals surface area contributed by atoms with Gasteiger partial charge >= 0.3 is 0 Å². The topological polar surface area (TPSA) is 86.2 Å². The highest BCUT2D eigenvalue weighted by molar-refractivity contribution is 5.94. The monoisotopic (exact) mass is 222 g/mol. The number of nitrogens with two attached hydrogens (primary N) is 1. The molecule has 0 fully saturated rings. The third-order valence-electron chi connectivity index (χ3n) is 2.33. The Hall–Kier alpha value is -1.62. The maximum Gasteiger partial charge on any atom is 0.128 e. The summed E-state index contributed by atoms with van der Waals surface area (Å²) in [6.07, 6.45) is 1.97. The second-order valence-electron chi connectivity index (χ2n) is 3.88. The number of hydrogen-bond acceptors (Lipinski definition) is 4. The van der Waals surface area contributed by atoms with Crippen LogP contribution in [-0.2, 0) is 0 Å². The SMILES string of the molecule is CC(O)CCN(C)c1ccc(C(=N)N)cn1. The van der Waals surface area contributed by atoms with Crippen LogP contribution < -0.4 is 10.6 Å². The highest BCUT2D eigenvalue weighted by Gasteiger charge is 2.04. The zero-order valence-electron chi connectivity index (χ0n) is 9.64. The second kappa shape index (κ2) is 5.46. The number of nitrogens with zero attached hydrogens (tertiary/aromatic N) is 2. The smallest absolute Gasteiger partial charge is 0.128 e. The van der Waals surface area contributed by atoms with E-state index in [9.17, 15) is 5.11 Å². The van der Waals surface area contributed by atoms with Crippen molar-refractivity contribution in [3.63, 3.8) is 0 Å². The lowest BCUT2D eigenvalue weighted by atomic mass is 10.2. The predicted octanol–water partition coefficient (Wildman–Crippen LogP) is 0.573. The molecule has 0 aromatic carbocycles. The van der Waals surface area contributed by atoms with Crippen LogP contribution in [0.5, 0.6) is 0 Å². The molecule has 1 heterocycles. The van der Waals surface area contributed by atoms with Gasteiger partial charge in [-0.3, -0.25) is 5.41 Å². The number of rotatable bonds is 5. The molecule has 0 bridgehead atoms. The third kappa shape index (κ3) is 3.51. The molecule has 1 unspecified atom stereocenters. The molecule has 0 saturated carbocycles. The molecule has 0 aliphatic carbocycles. The van der Waals surface area contributed by atoms with Crippen molar-refractivity contribution in [1.82, 2.24) is 4.98 Å². The van der Waals surface area contributed by atoms with E-state index in [-0.39, 0.29) is 11.9 Å². The van der Waals surface area contributed by atoms with Crippen LogP contribution >= 0.6 is 0 Å². The van der Waals surface area contributed by atoms with E-state index in [1.54, 1.807) is 19.2 Å². The van der Waals surface area contributed by atoms with Gasteiger partial charge in [-0.2, -0.15) is 0 Å². The van der Waals surface area contributed by atoms with E-state index in [1.807, 2.05) is 18.0 Å². The Bertz CT molecular complexity index is 348. The first-order valence-corrected chi connectivity index (χ1v) is 5.20. The van der Waals surface area contributed by atoms with E-state index in [1.165, 1.54) is 0 Å². The van der Waals surface area contributed by atoms with Crippen LogP contribution in [-0.4, -0.2) is 35.6 Å². The average Bonchev–Trinajstić information content (AvgIpc) is 2.26. The van der Waals surface area contributed by atoms with Crippen molar-refractivity contribution in [2.24, 2.45) is 5.73 Å².